The molecule has 0 radical (unpaired) electrons. The van der Waals surface area contributed by atoms with Crippen LogP contribution in [0.2, 0.25) is 0 Å². The van der Waals surface area contributed by atoms with Gasteiger partial charge < -0.3 is 14.8 Å². The topological polar surface area (TPSA) is 145 Å². The SMILES string of the molecule is N#C/C(=C(/O)COC(=O)CCNS(=O)(=O)c1cccc(C(F)(F)F)c1)c1nc2ccccc2[nH]1. The molecule has 0 amide bonds. The predicted molar refractivity (Wildman–Crippen MR) is 113 cm³/mol. The number of aromatic amines is 1. The van der Waals surface area contributed by atoms with Crippen LogP contribution >= 0.6 is 0 Å². The Bertz CT molecular complexity index is 1360. The first kappa shape index (κ1) is 24.7. The summed E-state index contributed by atoms with van der Waals surface area (Å²) < 4.78 is 69.6. The number of sulfonamides is 1. The molecule has 1 aromatic heterocycles. The van der Waals surface area contributed by atoms with Crippen molar-refractivity contribution in [3.63, 3.8) is 0 Å². The molecule has 0 unspecified atom stereocenters. The molecular formula is C21H17F3N4O5S. The molecule has 2 aromatic carbocycles. The van der Waals surface area contributed by atoms with E-state index < -0.39 is 58.0 Å². The van der Waals surface area contributed by atoms with E-state index in [9.17, 15) is 36.8 Å². The predicted octanol–water partition coefficient (Wildman–Crippen LogP) is 3.29. The summed E-state index contributed by atoms with van der Waals surface area (Å²) >= 11 is 0. The fourth-order valence-corrected chi connectivity index (χ4v) is 3.91. The molecule has 0 saturated carbocycles. The number of nitrogens with zero attached hydrogens (tertiary/aromatic N) is 2. The molecule has 0 spiro atoms. The number of aliphatic hydroxyl groups excluding tert-OH is 1. The summed E-state index contributed by atoms with van der Waals surface area (Å²) in [7, 11) is -4.31. The highest BCUT2D eigenvalue weighted by atomic mass is 32.2. The number of para-hydroxylation sites is 2. The number of alkyl halides is 3. The Labute approximate surface area is 191 Å². The van der Waals surface area contributed by atoms with Crippen molar-refractivity contribution in [1.29, 1.82) is 5.26 Å². The van der Waals surface area contributed by atoms with Crippen LogP contribution in [0.15, 0.2) is 59.2 Å². The van der Waals surface area contributed by atoms with Crippen molar-refractivity contribution in [2.45, 2.75) is 17.5 Å². The molecule has 34 heavy (non-hydrogen) atoms. The van der Waals surface area contributed by atoms with Gasteiger partial charge in [-0.2, -0.15) is 18.4 Å². The normalized spacial score (nSPS) is 12.8. The minimum absolute atomic E-state index is 0.0751. The number of esters is 1. The Balaban J connectivity index is 1.57. The van der Waals surface area contributed by atoms with E-state index in [4.69, 9.17) is 4.74 Å². The van der Waals surface area contributed by atoms with Gasteiger partial charge in [-0.1, -0.05) is 18.2 Å². The fraction of sp³-hybridized carbons (Fsp3) is 0.190. The third-order valence-corrected chi connectivity index (χ3v) is 5.95. The molecular weight excluding hydrogens is 477 g/mol. The number of rotatable bonds is 8. The van der Waals surface area contributed by atoms with Crippen LogP contribution in [0.3, 0.4) is 0 Å². The van der Waals surface area contributed by atoms with Crippen molar-refractivity contribution in [2.24, 2.45) is 0 Å². The molecule has 3 N–H and O–H groups in total. The standard InChI is InChI=1S/C21H17F3N4O5S/c22-21(23,24)13-4-3-5-14(10-13)34(31,32)26-9-8-19(30)33-12-18(29)15(11-25)20-27-16-6-1-2-7-17(16)28-20/h1-7,10,26,29H,8-9,12H2,(H,27,28)/b18-15-. The number of aromatic nitrogens is 2. The van der Waals surface area contributed by atoms with Crippen molar-refractivity contribution in [3.8, 4) is 6.07 Å². The van der Waals surface area contributed by atoms with E-state index in [1.165, 1.54) is 0 Å². The maximum absolute atomic E-state index is 12.8. The zero-order valence-electron chi connectivity index (χ0n) is 17.3. The quantitative estimate of drug-likeness (QED) is 0.247. The Morgan fingerprint density at radius 2 is 1.94 bits per heavy atom. The number of halogens is 3. The Hall–Kier alpha value is -3.89. The summed E-state index contributed by atoms with van der Waals surface area (Å²) in [4.78, 5) is 18.3. The lowest BCUT2D eigenvalue weighted by Gasteiger charge is -2.10. The van der Waals surface area contributed by atoms with Gasteiger partial charge in [-0.05, 0) is 30.3 Å². The third-order valence-electron chi connectivity index (χ3n) is 4.49. The van der Waals surface area contributed by atoms with Crippen molar-refractivity contribution in [1.82, 2.24) is 14.7 Å². The second-order valence-corrected chi connectivity index (χ2v) is 8.64. The zero-order chi connectivity index (χ0) is 24.9. The average Bonchev–Trinajstić information content (AvgIpc) is 3.21. The molecule has 0 saturated heterocycles. The molecule has 0 atom stereocenters. The van der Waals surface area contributed by atoms with Crippen molar-refractivity contribution in [2.75, 3.05) is 13.2 Å². The number of carbonyl (C=O) groups excluding carboxylic acids is 1. The third kappa shape index (κ3) is 5.91. The number of H-pyrrole nitrogens is 1. The number of allylic oxidation sites excluding steroid dienone is 1. The van der Waals surface area contributed by atoms with Gasteiger partial charge in [0.15, 0.2) is 11.6 Å². The van der Waals surface area contributed by atoms with Crippen molar-refractivity contribution in [3.05, 3.63) is 65.7 Å². The lowest BCUT2D eigenvalue weighted by molar-refractivity contribution is -0.143. The minimum Gasteiger partial charge on any atom is -0.507 e. The van der Waals surface area contributed by atoms with Gasteiger partial charge in [-0.3, -0.25) is 4.79 Å². The minimum atomic E-state index is -4.71. The molecule has 178 valence electrons. The number of carbonyl (C=O) groups is 1. The lowest BCUT2D eigenvalue weighted by atomic mass is 10.2. The number of hydrogen-bond acceptors (Lipinski definition) is 7. The van der Waals surface area contributed by atoms with E-state index in [2.05, 4.69) is 9.97 Å². The molecule has 3 rings (SSSR count). The van der Waals surface area contributed by atoms with Gasteiger partial charge in [-0.15, -0.1) is 0 Å². The van der Waals surface area contributed by atoms with Gasteiger partial charge in [0.25, 0.3) is 0 Å². The van der Waals surface area contributed by atoms with Crippen LogP contribution < -0.4 is 4.72 Å². The summed E-state index contributed by atoms with van der Waals surface area (Å²) in [6.45, 7) is -1.13. The number of imidazole rings is 1. The number of hydrogen-bond donors (Lipinski definition) is 3. The second-order valence-electron chi connectivity index (χ2n) is 6.87. The van der Waals surface area contributed by atoms with E-state index in [1.54, 1.807) is 30.3 Å². The number of fused-ring (bicyclic) bond motifs is 1. The van der Waals surface area contributed by atoms with Gasteiger partial charge >= 0.3 is 12.1 Å². The summed E-state index contributed by atoms with van der Waals surface area (Å²) in [6, 6.07) is 11.8. The maximum atomic E-state index is 12.8. The lowest BCUT2D eigenvalue weighted by Crippen LogP contribution is -2.27. The fourth-order valence-electron chi connectivity index (χ4n) is 2.83. The molecule has 0 bridgehead atoms. The monoisotopic (exact) mass is 494 g/mol. The number of nitriles is 1. The van der Waals surface area contributed by atoms with E-state index in [1.807, 2.05) is 4.72 Å². The smallest absolute Gasteiger partial charge is 0.416 e. The first-order valence-corrected chi connectivity index (χ1v) is 11.1. The van der Waals surface area contributed by atoms with Gasteiger partial charge in [0, 0.05) is 6.54 Å². The highest BCUT2D eigenvalue weighted by molar-refractivity contribution is 7.89. The molecule has 13 heteroatoms. The van der Waals surface area contributed by atoms with Gasteiger partial charge in [-0.25, -0.2) is 18.1 Å². The van der Waals surface area contributed by atoms with Crippen molar-refractivity contribution < 1.29 is 36.2 Å². The Morgan fingerprint density at radius 1 is 1.21 bits per heavy atom. The van der Waals surface area contributed by atoms with E-state index in [-0.39, 0.29) is 11.4 Å². The summed E-state index contributed by atoms with van der Waals surface area (Å²) in [6.07, 6.45) is -5.19. The Morgan fingerprint density at radius 3 is 2.62 bits per heavy atom. The summed E-state index contributed by atoms with van der Waals surface area (Å²) in [5.74, 6) is -1.41. The Kier molecular flexibility index (Phi) is 7.23. The van der Waals surface area contributed by atoms with E-state index in [0.717, 1.165) is 18.2 Å². The van der Waals surface area contributed by atoms with E-state index in [0.29, 0.717) is 17.1 Å². The summed E-state index contributed by atoms with van der Waals surface area (Å²) in [5.41, 5.74) is -0.185. The maximum Gasteiger partial charge on any atom is 0.416 e. The number of nitrogens with one attached hydrogen (secondary N) is 2. The number of aliphatic hydroxyl groups is 1. The molecule has 3 aromatic rings. The molecule has 0 fully saturated rings. The average molecular weight is 494 g/mol. The number of benzene rings is 2. The van der Waals surface area contributed by atoms with Crippen LogP contribution in [0.4, 0.5) is 13.2 Å². The highest BCUT2D eigenvalue weighted by Crippen LogP contribution is 2.30. The van der Waals surface area contributed by atoms with Crippen LogP contribution in [0.25, 0.3) is 16.6 Å². The largest absolute Gasteiger partial charge is 0.507 e. The van der Waals surface area contributed by atoms with Crippen LogP contribution in [-0.4, -0.2) is 42.6 Å². The van der Waals surface area contributed by atoms with Crippen LogP contribution in [0.5, 0.6) is 0 Å². The van der Waals surface area contributed by atoms with Gasteiger partial charge in [0.2, 0.25) is 10.0 Å². The zero-order valence-corrected chi connectivity index (χ0v) is 18.1. The van der Waals surface area contributed by atoms with Crippen LogP contribution in [-0.2, 0) is 25.7 Å². The van der Waals surface area contributed by atoms with Crippen LogP contribution in [0, 0.1) is 11.3 Å². The van der Waals surface area contributed by atoms with Crippen LogP contribution in [0.1, 0.15) is 17.8 Å². The van der Waals surface area contributed by atoms with E-state index >= 15 is 0 Å². The second kappa shape index (κ2) is 9.94. The molecule has 1 heterocycles. The number of ether oxygens (including phenoxy) is 1. The van der Waals surface area contributed by atoms with Gasteiger partial charge in [0.1, 0.15) is 18.2 Å². The first-order chi connectivity index (χ1) is 16.0. The highest BCUT2D eigenvalue weighted by Gasteiger charge is 2.31. The summed E-state index contributed by atoms with van der Waals surface area (Å²) in [5, 5.41) is 19.5. The first-order valence-electron chi connectivity index (χ1n) is 9.61. The molecule has 9 nitrogen and oxygen atoms in total. The van der Waals surface area contributed by atoms with Gasteiger partial charge in [0.05, 0.1) is 27.9 Å². The van der Waals surface area contributed by atoms with Crippen molar-refractivity contribution >= 4 is 32.6 Å². The molecule has 0 aliphatic carbocycles. The molecule has 0 aliphatic heterocycles. The molecule has 0 aliphatic rings.